The predicted molar refractivity (Wildman–Crippen MR) is 77.2 cm³/mol. The van der Waals surface area contributed by atoms with Crippen molar-refractivity contribution in [3.8, 4) is 17.2 Å². The van der Waals surface area contributed by atoms with Crippen LogP contribution in [0.4, 0.5) is 0 Å². The van der Waals surface area contributed by atoms with E-state index in [1.807, 2.05) is 12.1 Å². The number of ether oxygens (including phenoxy) is 3. The van der Waals surface area contributed by atoms with E-state index in [1.165, 1.54) is 0 Å². The summed E-state index contributed by atoms with van der Waals surface area (Å²) >= 11 is 3.72. The van der Waals surface area contributed by atoms with E-state index in [1.54, 1.807) is 21.3 Å². The minimum atomic E-state index is 0.202. The highest BCUT2D eigenvalue weighted by Gasteiger charge is 2.21. The number of alkyl halides is 1. The number of rotatable bonds is 6. The lowest BCUT2D eigenvalue weighted by Gasteiger charge is -2.20. The maximum absolute atomic E-state index is 5.44. The first-order valence-electron chi connectivity index (χ1n) is 5.97. The molecule has 0 heterocycles. The lowest BCUT2D eigenvalue weighted by Crippen LogP contribution is -2.03. The zero-order chi connectivity index (χ0) is 13.7. The average Bonchev–Trinajstić information content (AvgIpc) is 2.35. The van der Waals surface area contributed by atoms with Gasteiger partial charge in [0.05, 0.1) is 26.9 Å². The zero-order valence-corrected chi connectivity index (χ0v) is 13.2. The molecule has 1 aromatic carbocycles. The Morgan fingerprint density at radius 3 is 1.83 bits per heavy atom. The molecule has 102 valence electrons. The molecule has 0 fully saturated rings. The van der Waals surface area contributed by atoms with Crippen LogP contribution in [0.1, 0.15) is 30.7 Å². The second kappa shape index (κ2) is 6.88. The van der Waals surface area contributed by atoms with E-state index in [0.29, 0.717) is 5.92 Å². The fourth-order valence-electron chi connectivity index (χ4n) is 1.87. The Hall–Kier alpha value is -0.900. The largest absolute Gasteiger partial charge is 0.496 e. The van der Waals surface area contributed by atoms with Gasteiger partial charge in [0, 0.05) is 17.0 Å². The standard InChI is InChI=1S/C14H21BrO3/c1-9(2)6-11(15)14-12(17-4)7-10(16-3)8-13(14)18-5/h7-9,11H,6H2,1-5H3. The van der Waals surface area contributed by atoms with Crippen LogP contribution in [0, 0.1) is 5.92 Å². The third kappa shape index (κ3) is 3.55. The molecule has 0 saturated heterocycles. The van der Waals surface area contributed by atoms with Gasteiger partial charge in [-0.3, -0.25) is 0 Å². The summed E-state index contributed by atoms with van der Waals surface area (Å²) in [6.07, 6.45) is 1.01. The van der Waals surface area contributed by atoms with Gasteiger partial charge in [-0.05, 0) is 12.3 Å². The normalized spacial score (nSPS) is 12.4. The molecule has 1 atom stereocenters. The molecular formula is C14H21BrO3. The third-order valence-electron chi connectivity index (χ3n) is 2.74. The van der Waals surface area contributed by atoms with Crippen molar-refractivity contribution >= 4 is 15.9 Å². The van der Waals surface area contributed by atoms with Crippen molar-refractivity contribution in [1.29, 1.82) is 0 Å². The number of hydrogen-bond acceptors (Lipinski definition) is 3. The van der Waals surface area contributed by atoms with Crippen LogP contribution >= 0.6 is 15.9 Å². The third-order valence-corrected chi connectivity index (χ3v) is 3.58. The summed E-state index contributed by atoms with van der Waals surface area (Å²) in [4.78, 5) is 0.202. The Morgan fingerprint density at radius 2 is 1.50 bits per heavy atom. The quantitative estimate of drug-likeness (QED) is 0.736. The first kappa shape index (κ1) is 15.2. The van der Waals surface area contributed by atoms with Gasteiger partial charge in [0.25, 0.3) is 0 Å². The van der Waals surface area contributed by atoms with Gasteiger partial charge in [-0.25, -0.2) is 0 Å². The number of benzene rings is 1. The van der Waals surface area contributed by atoms with E-state index >= 15 is 0 Å². The fraction of sp³-hybridized carbons (Fsp3) is 0.571. The van der Waals surface area contributed by atoms with Crippen molar-refractivity contribution in [1.82, 2.24) is 0 Å². The minimum Gasteiger partial charge on any atom is -0.496 e. The van der Waals surface area contributed by atoms with Crippen molar-refractivity contribution in [2.75, 3.05) is 21.3 Å². The van der Waals surface area contributed by atoms with Gasteiger partial charge in [0.2, 0.25) is 0 Å². The van der Waals surface area contributed by atoms with Gasteiger partial charge in [-0.15, -0.1) is 0 Å². The summed E-state index contributed by atoms with van der Waals surface area (Å²) in [5, 5.41) is 0. The van der Waals surface area contributed by atoms with Crippen molar-refractivity contribution in [3.63, 3.8) is 0 Å². The molecular weight excluding hydrogens is 296 g/mol. The van der Waals surface area contributed by atoms with E-state index in [0.717, 1.165) is 29.2 Å². The predicted octanol–water partition coefficient (Wildman–Crippen LogP) is 4.19. The summed E-state index contributed by atoms with van der Waals surface area (Å²) in [7, 11) is 4.95. The highest BCUT2D eigenvalue weighted by atomic mass is 79.9. The Bertz CT molecular complexity index is 366. The number of methoxy groups -OCH3 is 3. The van der Waals surface area contributed by atoms with Crippen molar-refractivity contribution in [2.24, 2.45) is 5.92 Å². The Labute approximate surface area is 118 Å². The van der Waals surface area contributed by atoms with Crippen LogP contribution in [-0.2, 0) is 0 Å². The number of hydrogen-bond donors (Lipinski definition) is 0. The summed E-state index contributed by atoms with van der Waals surface area (Å²) < 4.78 is 16.1. The van der Waals surface area contributed by atoms with E-state index in [4.69, 9.17) is 14.2 Å². The molecule has 18 heavy (non-hydrogen) atoms. The molecule has 4 heteroatoms. The maximum atomic E-state index is 5.44. The highest BCUT2D eigenvalue weighted by molar-refractivity contribution is 9.09. The van der Waals surface area contributed by atoms with E-state index in [2.05, 4.69) is 29.8 Å². The molecule has 1 rings (SSSR count). The minimum absolute atomic E-state index is 0.202. The molecule has 0 N–H and O–H groups in total. The van der Waals surface area contributed by atoms with Crippen LogP contribution in [0.5, 0.6) is 17.2 Å². The van der Waals surface area contributed by atoms with Gasteiger partial charge in [-0.2, -0.15) is 0 Å². The Kier molecular flexibility index (Phi) is 5.79. The van der Waals surface area contributed by atoms with Gasteiger partial charge >= 0.3 is 0 Å². The lowest BCUT2D eigenvalue weighted by atomic mass is 10.0. The average molecular weight is 317 g/mol. The SMILES string of the molecule is COc1cc(OC)c(C(Br)CC(C)C)c(OC)c1. The molecule has 0 aliphatic rings. The van der Waals surface area contributed by atoms with Crippen molar-refractivity contribution < 1.29 is 14.2 Å². The smallest absolute Gasteiger partial charge is 0.130 e. The van der Waals surface area contributed by atoms with Crippen LogP contribution in [0.2, 0.25) is 0 Å². The summed E-state index contributed by atoms with van der Waals surface area (Å²) in [6, 6.07) is 3.76. The molecule has 1 unspecified atom stereocenters. The van der Waals surface area contributed by atoms with Gasteiger partial charge in [0.1, 0.15) is 17.2 Å². The second-order valence-corrected chi connectivity index (χ2v) is 5.65. The molecule has 0 aliphatic carbocycles. The van der Waals surface area contributed by atoms with Crippen molar-refractivity contribution in [2.45, 2.75) is 25.1 Å². The van der Waals surface area contributed by atoms with Crippen LogP contribution in [0.25, 0.3) is 0 Å². The maximum Gasteiger partial charge on any atom is 0.130 e. The summed E-state index contributed by atoms with van der Waals surface area (Å²) in [5.74, 6) is 2.89. The van der Waals surface area contributed by atoms with Gasteiger partial charge in [0.15, 0.2) is 0 Å². The highest BCUT2D eigenvalue weighted by Crippen LogP contribution is 2.44. The van der Waals surface area contributed by atoms with Crippen LogP contribution in [0.3, 0.4) is 0 Å². The molecule has 0 bridgehead atoms. The Balaban J connectivity index is 3.21. The van der Waals surface area contributed by atoms with Crippen LogP contribution in [0.15, 0.2) is 12.1 Å². The van der Waals surface area contributed by atoms with E-state index in [-0.39, 0.29) is 4.83 Å². The molecule has 3 nitrogen and oxygen atoms in total. The molecule has 0 aromatic heterocycles. The zero-order valence-electron chi connectivity index (χ0n) is 11.6. The van der Waals surface area contributed by atoms with E-state index < -0.39 is 0 Å². The van der Waals surface area contributed by atoms with Crippen LogP contribution in [-0.4, -0.2) is 21.3 Å². The summed E-state index contributed by atoms with van der Waals surface area (Å²) in [6.45, 7) is 4.38. The first-order valence-corrected chi connectivity index (χ1v) is 6.89. The molecule has 1 aromatic rings. The summed E-state index contributed by atoms with van der Waals surface area (Å²) in [5.41, 5.74) is 1.04. The monoisotopic (exact) mass is 316 g/mol. The van der Waals surface area contributed by atoms with Gasteiger partial charge in [-0.1, -0.05) is 29.8 Å². The lowest BCUT2D eigenvalue weighted by molar-refractivity contribution is 0.366. The second-order valence-electron chi connectivity index (χ2n) is 4.54. The molecule has 0 aliphatic heterocycles. The van der Waals surface area contributed by atoms with E-state index in [9.17, 15) is 0 Å². The first-order chi connectivity index (χ1) is 8.53. The topological polar surface area (TPSA) is 27.7 Å². The Morgan fingerprint density at radius 1 is 1.00 bits per heavy atom. The van der Waals surface area contributed by atoms with Gasteiger partial charge < -0.3 is 14.2 Å². The molecule has 0 saturated carbocycles. The fourth-order valence-corrected chi connectivity index (χ4v) is 3.07. The van der Waals surface area contributed by atoms with Crippen LogP contribution < -0.4 is 14.2 Å². The molecule has 0 amide bonds. The number of halogens is 1. The molecule has 0 spiro atoms. The molecule has 0 radical (unpaired) electrons. The van der Waals surface area contributed by atoms with Crippen molar-refractivity contribution in [3.05, 3.63) is 17.7 Å².